The van der Waals surface area contributed by atoms with Gasteiger partial charge in [-0.1, -0.05) is 6.92 Å². The molecule has 2 heterocycles. The van der Waals surface area contributed by atoms with Crippen molar-refractivity contribution in [3.8, 4) is 0 Å². The van der Waals surface area contributed by atoms with Gasteiger partial charge in [-0.05, 0) is 32.2 Å². The lowest BCUT2D eigenvalue weighted by atomic mass is 9.92. The molecular weight excluding hydrogens is 234 g/mol. The molecule has 1 fully saturated rings. The van der Waals surface area contributed by atoms with Crippen LogP contribution < -0.4 is 10.6 Å². The molecule has 2 rings (SSSR count). The van der Waals surface area contributed by atoms with E-state index in [0.717, 1.165) is 24.4 Å². The van der Waals surface area contributed by atoms with Crippen molar-refractivity contribution in [3.63, 3.8) is 0 Å². The molecule has 1 aromatic heterocycles. The Morgan fingerprint density at radius 3 is 3.18 bits per heavy atom. The zero-order valence-corrected chi connectivity index (χ0v) is 11.1. The second-order valence-electron chi connectivity index (χ2n) is 4.63. The fourth-order valence-electron chi connectivity index (χ4n) is 2.16. The Hall–Kier alpha value is -0.940. The van der Waals surface area contributed by atoms with Crippen LogP contribution in [-0.4, -0.2) is 23.5 Å². The fraction of sp³-hybridized carbons (Fsp3) is 0.667. The number of aromatic nitrogens is 1. The lowest BCUT2D eigenvalue weighted by Gasteiger charge is -2.28. The van der Waals surface area contributed by atoms with Gasteiger partial charge in [0.2, 0.25) is 5.91 Å². The minimum atomic E-state index is -0.0372. The SMILES string of the molecule is Cc1cnc(CNC(=O)C2NCCCC2C)s1. The summed E-state index contributed by atoms with van der Waals surface area (Å²) in [6, 6.07) is -0.0372. The summed E-state index contributed by atoms with van der Waals surface area (Å²) in [5, 5.41) is 7.21. The maximum Gasteiger partial charge on any atom is 0.237 e. The van der Waals surface area contributed by atoms with Crippen molar-refractivity contribution in [1.29, 1.82) is 0 Å². The number of carbonyl (C=O) groups excluding carboxylic acids is 1. The Bertz CT molecular complexity index is 391. The van der Waals surface area contributed by atoms with Crippen LogP contribution in [0.4, 0.5) is 0 Å². The second kappa shape index (κ2) is 5.60. The number of aryl methyl sites for hydroxylation is 1. The zero-order chi connectivity index (χ0) is 12.3. The van der Waals surface area contributed by atoms with Crippen LogP contribution in [0.1, 0.15) is 29.7 Å². The number of nitrogens with one attached hydrogen (secondary N) is 2. The Kier molecular flexibility index (Phi) is 4.12. The number of hydrogen-bond acceptors (Lipinski definition) is 4. The highest BCUT2D eigenvalue weighted by Crippen LogP contribution is 2.16. The molecule has 0 bridgehead atoms. The van der Waals surface area contributed by atoms with Crippen LogP contribution in [0.25, 0.3) is 0 Å². The molecule has 0 radical (unpaired) electrons. The Morgan fingerprint density at radius 1 is 1.71 bits per heavy atom. The lowest BCUT2D eigenvalue weighted by Crippen LogP contribution is -2.50. The number of nitrogens with zero attached hydrogens (tertiary/aromatic N) is 1. The van der Waals surface area contributed by atoms with E-state index >= 15 is 0 Å². The van der Waals surface area contributed by atoms with Gasteiger partial charge in [-0.25, -0.2) is 4.98 Å². The molecule has 94 valence electrons. The first-order valence-electron chi connectivity index (χ1n) is 6.09. The molecule has 1 amide bonds. The summed E-state index contributed by atoms with van der Waals surface area (Å²) in [4.78, 5) is 17.4. The molecular formula is C12H19N3OS. The van der Waals surface area contributed by atoms with Crippen LogP contribution in [0, 0.1) is 12.8 Å². The molecule has 4 nitrogen and oxygen atoms in total. The highest BCUT2D eigenvalue weighted by molar-refractivity contribution is 7.11. The molecule has 2 N–H and O–H groups in total. The molecule has 1 aliphatic rings. The van der Waals surface area contributed by atoms with Gasteiger partial charge in [-0.15, -0.1) is 11.3 Å². The van der Waals surface area contributed by atoms with Crippen molar-refractivity contribution in [2.45, 2.75) is 39.3 Å². The van der Waals surface area contributed by atoms with Crippen LogP contribution in [-0.2, 0) is 11.3 Å². The molecule has 0 aliphatic carbocycles. The molecule has 0 spiro atoms. The molecule has 0 saturated carbocycles. The number of rotatable bonds is 3. The fourth-order valence-corrected chi connectivity index (χ4v) is 2.88. The van der Waals surface area contributed by atoms with Crippen LogP contribution >= 0.6 is 11.3 Å². The molecule has 0 aromatic carbocycles. The van der Waals surface area contributed by atoms with Crippen LogP contribution in [0.15, 0.2) is 6.20 Å². The van der Waals surface area contributed by atoms with Crippen LogP contribution in [0.5, 0.6) is 0 Å². The predicted molar refractivity (Wildman–Crippen MR) is 68.9 cm³/mol. The number of hydrogen-bond donors (Lipinski definition) is 2. The summed E-state index contributed by atoms with van der Waals surface area (Å²) in [5.41, 5.74) is 0. The number of piperidine rings is 1. The average molecular weight is 253 g/mol. The van der Waals surface area contributed by atoms with E-state index in [1.54, 1.807) is 11.3 Å². The maximum absolute atomic E-state index is 12.0. The number of thiazole rings is 1. The monoisotopic (exact) mass is 253 g/mol. The van der Waals surface area contributed by atoms with Gasteiger partial charge in [0.05, 0.1) is 12.6 Å². The van der Waals surface area contributed by atoms with E-state index in [0.29, 0.717) is 12.5 Å². The molecule has 2 atom stereocenters. The third-order valence-electron chi connectivity index (χ3n) is 3.13. The van der Waals surface area contributed by atoms with E-state index < -0.39 is 0 Å². The van der Waals surface area contributed by atoms with Gasteiger partial charge in [0.15, 0.2) is 0 Å². The van der Waals surface area contributed by atoms with Gasteiger partial charge in [-0.3, -0.25) is 4.79 Å². The summed E-state index contributed by atoms with van der Waals surface area (Å²) in [5.74, 6) is 0.520. The first kappa shape index (κ1) is 12.5. The molecule has 1 aliphatic heterocycles. The first-order chi connectivity index (χ1) is 8.16. The topological polar surface area (TPSA) is 54.0 Å². The van der Waals surface area contributed by atoms with E-state index in [2.05, 4.69) is 22.5 Å². The Morgan fingerprint density at radius 2 is 2.53 bits per heavy atom. The van der Waals surface area contributed by atoms with E-state index in [-0.39, 0.29) is 11.9 Å². The highest BCUT2D eigenvalue weighted by atomic mass is 32.1. The van der Waals surface area contributed by atoms with Crippen molar-refractivity contribution < 1.29 is 4.79 Å². The van der Waals surface area contributed by atoms with Crippen molar-refractivity contribution in [2.24, 2.45) is 5.92 Å². The summed E-state index contributed by atoms with van der Waals surface area (Å²) in [6.07, 6.45) is 4.13. The quantitative estimate of drug-likeness (QED) is 0.857. The van der Waals surface area contributed by atoms with Crippen molar-refractivity contribution in [2.75, 3.05) is 6.54 Å². The van der Waals surface area contributed by atoms with Crippen LogP contribution in [0.3, 0.4) is 0 Å². The molecule has 1 saturated heterocycles. The normalized spacial score (nSPS) is 24.6. The third-order valence-corrected chi connectivity index (χ3v) is 4.05. The van der Waals surface area contributed by atoms with E-state index in [1.165, 1.54) is 4.88 Å². The zero-order valence-electron chi connectivity index (χ0n) is 10.3. The lowest BCUT2D eigenvalue weighted by molar-refractivity contribution is -0.125. The minimum absolute atomic E-state index is 0.0372. The third kappa shape index (κ3) is 3.26. The molecule has 5 heteroatoms. The smallest absolute Gasteiger partial charge is 0.237 e. The second-order valence-corrected chi connectivity index (χ2v) is 5.95. The highest BCUT2D eigenvalue weighted by Gasteiger charge is 2.26. The molecule has 17 heavy (non-hydrogen) atoms. The standard InChI is InChI=1S/C12H19N3OS/c1-8-4-3-5-13-11(8)12(16)15-7-10-14-6-9(2)17-10/h6,8,11,13H,3-5,7H2,1-2H3,(H,15,16). The molecule has 2 unspecified atom stereocenters. The predicted octanol–water partition coefficient (Wildman–Crippen LogP) is 1.46. The number of carbonyl (C=O) groups is 1. The maximum atomic E-state index is 12.0. The average Bonchev–Trinajstić information content (AvgIpc) is 2.73. The van der Waals surface area contributed by atoms with Gasteiger partial charge in [0.1, 0.15) is 5.01 Å². The summed E-state index contributed by atoms with van der Waals surface area (Å²) < 4.78 is 0. The van der Waals surface area contributed by atoms with Gasteiger partial charge < -0.3 is 10.6 Å². The summed E-state index contributed by atoms with van der Waals surface area (Å²) in [7, 11) is 0. The van der Waals surface area contributed by atoms with Gasteiger partial charge >= 0.3 is 0 Å². The summed E-state index contributed by atoms with van der Waals surface area (Å²) in [6.45, 7) is 5.64. The van der Waals surface area contributed by atoms with Gasteiger partial charge in [0.25, 0.3) is 0 Å². The van der Waals surface area contributed by atoms with E-state index in [1.807, 2.05) is 13.1 Å². The van der Waals surface area contributed by atoms with Crippen molar-refractivity contribution in [1.82, 2.24) is 15.6 Å². The van der Waals surface area contributed by atoms with Crippen molar-refractivity contribution >= 4 is 17.2 Å². The van der Waals surface area contributed by atoms with E-state index in [4.69, 9.17) is 0 Å². The van der Waals surface area contributed by atoms with Gasteiger partial charge in [0, 0.05) is 11.1 Å². The van der Waals surface area contributed by atoms with Crippen molar-refractivity contribution in [3.05, 3.63) is 16.1 Å². The summed E-state index contributed by atoms with van der Waals surface area (Å²) >= 11 is 1.63. The molecule has 1 aromatic rings. The number of amides is 1. The minimum Gasteiger partial charge on any atom is -0.348 e. The Balaban J connectivity index is 1.84. The first-order valence-corrected chi connectivity index (χ1v) is 6.91. The van der Waals surface area contributed by atoms with E-state index in [9.17, 15) is 4.79 Å². The Labute approximate surface area is 106 Å². The van der Waals surface area contributed by atoms with Crippen LogP contribution in [0.2, 0.25) is 0 Å². The largest absolute Gasteiger partial charge is 0.348 e. The van der Waals surface area contributed by atoms with Gasteiger partial charge in [-0.2, -0.15) is 0 Å².